The quantitative estimate of drug-likeness (QED) is 0.332. The van der Waals surface area contributed by atoms with Crippen LogP contribution in [0.2, 0.25) is 0 Å². The third kappa shape index (κ3) is 5.24. The fraction of sp³-hybridized carbons (Fsp3) is 0.318. The van der Waals surface area contributed by atoms with E-state index >= 15 is 0 Å². The molecule has 0 spiro atoms. The zero-order valence-electron chi connectivity index (χ0n) is 18.3. The number of amides is 1. The number of rotatable bonds is 7. The molecule has 8 nitrogen and oxygen atoms in total. The molecular weight excluding hydrogens is 486 g/mol. The van der Waals surface area contributed by atoms with Crippen LogP contribution >= 0.6 is 11.3 Å². The van der Waals surface area contributed by atoms with Crippen LogP contribution in [0.4, 0.5) is 29.1 Å². The minimum Gasteiger partial charge on any atom is -0.362 e. The number of aromatic nitrogens is 5. The molecular formula is C22H19F4N7OS. The number of halogens is 4. The Morgan fingerprint density at radius 2 is 2.06 bits per heavy atom. The molecule has 3 heterocycles. The first-order valence-corrected chi connectivity index (χ1v) is 11.6. The monoisotopic (exact) mass is 505 g/mol. The molecule has 1 atom stereocenters. The van der Waals surface area contributed by atoms with Crippen LogP contribution in [0.25, 0.3) is 11.2 Å². The molecule has 3 aromatic heterocycles. The number of thiazole rings is 1. The fourth-order valence-corrected chi connectivity index (χ4v) is 4.21. The van der Waals surface area contributed by atoms with Crippen LogP contribution in [0.5, 0.6) is 0 Å². The van der Waals surface area contributed by atoms with Crippen LogP contribution < -0.4 is 10.6 Å². The topological polar surface area (TPSA) is 97.6 Å². The summed E-state index contributed by atoms with van der Waals surface area (Å²) in [7, 11) is 0. The second kappa shape index (κ2) is 8.87. The molecule has 5 rings (SSSR count). The molecule has 1 fully saturated rings. The summed E-state index contributed by atoms with van der Waals surface area (Å²) in [5, 5.41) is 8.90. The molecule has 4 aromatic rings. The Bertz CT molecular complexity index is 1400. The molecule has 35 heavy (non-hydrogen) atoms. The highest BCUT2D eigenvalue weighted by Crippen LogP contribution is 2.33. The Hall–Kier alpha value is -3.61. The predicted molar refractivity (Wildman–Crippen MR) is 122 cm³/mol. The van der Waals surface area contributed by atoms with Crippen LogP contribution in [0.1, 0.15) is 46.0 Å². The van der Waals surface area contributed by atoms with Gasteiger partial charge >= 0.3 is 6.18 Å². The van der Waals surface area contributed by atoms with Crippen molar-refractivity contribution in [1.29, 1.82) is 0 Å². The molecule has 1 amide bonds. The Kier molecular flexibility index (Phi) is 5.87. The second-order valence-corrected chi connectivity index (χ2v) is 9.37. The summed E-state index contributed by atoms with van der Waals surface area (Å²) in [6.07, 6.45) is 2.01. The van der Waals surface area contributed by atoms with E-state index in [2.05, 4.69) is 30.7 Å². The number of carbonyl (C=O) groups excluding carboxylic acids is 1. The summed E-state index contributed by atoms with van der Waals surface area (Å²) >= 11 is 0.234. The van der Waals surface area contributed by atoms with Crippen LogP contribution in [0.15, 0.2) is 36.8 Å². The molecule has 0 bridgehead atoms. The third-order valence-corrected chi connectivity index (χ3v) is 6.52. The van der Waals surface area contributed by atoms with E-state index in [0.29, 0.717) is 22.9 Å². The van der Waals surface area contributed by atoms with E-state index in [0.717, 1.165) is 12.7 Å². The summed E-state index contributed by atoms with van der Waals surface area (Å²) in [5.74, 6) is -0.238. The lowest BCUT2D eigenvalue weighted by Gasteiger charge is -2.16. The number of fused-ring (bicyclic) bond motifs is 1. The van der Waals surface area contributed by atoms with Gasteiger partial charge in [-0.05, 0) is 43.9 Å². The molecule has 0 saturated heterocycles. The van der Waals surface area contributed by atoms with Gasteiger partial charge < -0.3 is 10.6 Å². The second-order valence-electron chi connectivity index (χ2n) is 8.34. The molecule has 13 heteroatoms. The lowest BCUT2D eigenvalue weighted by atomic mass is 10.1. The first-order chi connectivity index (χ1) is 16.7. The van der Waals surface area contributed by atoms with Gasteiger partial charge in [-0.3, -0.25) is 9.48 Å². The maximum absolute atomic E-state index is 14.6. The number of hydrogen-bond acceptors (Lipinski definition) is 7. The number of alkyl halides is 3. The van der Waals surface area contributed by atoms with Gasteiger partial charge in [0.15, 0.2) is 5.01 Å². The van der Waals surface area contributed by atoms with Gasteiger partial charge in [-0.25, -0.2) is 19.3 Å². The third-order valence-electron chi connectivity index (χ3n) is 5.47. The van der Waals surface area contributed by atoms with Crippen LogP contribution in [-0.2, 0) is 12.7 Å². The number of benzene rings is 1. The van der Waals surface area contributed by atoms with Crippen molar-refractivity contribution < 1.29 is 22.4 Å². The van der Waals surface area contributed by atoms with Gasteiger partial charge in [0.2, 0.25) is 5.65 Å². The molecule has 2 N–H and O–H groups in total. The maximum Gasteiger partial charge on any atom is 0.443 e. The van der Waals surface area contributed by atoms with Gasteiger partial charge in [-0.15, -0.1) is 11.3 Å². The highest BCUT2D eigenvalue weighted by atomic mass is 32.1. The highest BCUT2D eigenvalue weighted by molar-refractivity contribution is 7.13. The van der Waals surface area contributed by atoms with Gasteiger partial charge in [0, 0.05) is 17.8 Å². The molecule has 1 saturated carbocycles. The van der Waals surface area contributed by atoms with Crippen molar-refractivity contribution in [2.75, 3.05) is 10.6 Å². The number of hydrogen-bond donors (Lipinski definition) is 2. The maximum atomic E-state index is 14.6. The lowest BCUT2D eigenvalue weighted by Crippen LogP contribution is -2.13. The number of anilines is 2. The minimum atomic E-state index is -4.63. The van der Waals surface area contributed by atoms with E-state index in [9.17, 15) is 22.4 Å². The van der Waals surface area contributed by atoms with Crippen molar-refractivity contribution in [2.45, 2.75) is 38.5 Å². The first-order valence-electron chi connectivity index (χ1n) is 10.8. The normalized spacial score (nSPS) is 14.8. The standard InChI is InChI=1S/C22H19F4N7OS/c1-11(29-18-8-27-16-10-33(9-12-2-3-12)32-19(16)31-18)14-6-13(4-5-15(14)23)30-20(34)17-7-28-21(35-17)22(24,25)26/h4-8,10-12H,2-3,9H2,1H3,(H,30,34)(H,29,31,32)/t11-/m0/s1. The largest absolute Gasteiger partial charge is 0.443 e. The van der Waals surface area contributed by atoms with E-state index < -0.39 is 29.0 Å². The predicted octanol–water partition coefficient (Wildman–Crippen LogP) is 5.28. The van der Waals surface area contributed by atoms with Gasteiger partial charge in [-0.1, -0.05) is 0 Å². The average Bonchev–Trinajstić information content (AvgIpc) is 3.30. The molecule has 1 aliphatic rings. The van der Waals surface area contributed by atoms with E-state index in [1.165, 1.54) is 37.2 Å². The van der Waals surface area contributed by atoms with Crippen molar-refractivity contribution in [1.82, 2.24) is 24.7 Å². The van der Waals surface area contributed by atoms with E-state index in [1.54, 1.807) is 6.92 Å². The van der Waals surface area contributed by atoms with Crippen molar-refractivity contribution >= 4 is 39.9 Å². The van der Waals surface area contributed by atoms with E-state index in [-0.39, 0.29) is 27.5 Å². The summed E-state index contributed by atoms with van der Waals surface area (Å²) in [5.41, 5.74) is 1.59. The molecule has 0 aliphatic heterocycles. The van der Waals surface area contributed by atoms with Crippen LogP contribution in [-0.4, -0.2) is 30.6 Å². The molecule has 0 radical (unpaired) electrons. The summed E-state index contributed by atoms with van der Waals surface area (Å²) in [6.45, 7) is 2.54. The van der Waals surface area contributed by atoms with Crippen molar-refractivity contribution in [3.8, 4) is 0 Å². The fourth-order valence-electron chi connectivity index (χ4n) is 3.53. The van der Waals surface area contributed by atoms with Gasteiger partial charge in [-0.2, -0.15) is 18.3 Å². The molecule has 1 aliphatic carbocycles. The Morgan fingerprint density at radius 1 is 1.26 bits per heavy atom. The Labute approximate surface area is 200 Å². The average molecular weight is 506 g/mol. The highest BCUT2D eigenvalue weighted by Gasteiger charge is 2.35. The lowest BCUT2D eigenvalue weighted by molar-refractivity contribution is -0.137. The summed E-state index contributed by atoms with van der Waals surface area (Å²) in [6, 6.07) is 3.35. The number of nitrogens with one attached hydrogen (secondary N) is 2. The molecule has 182 valence electrons. The smallest absolute Gasteiger partial charge is 0.362 e. The van der Waals surface area contributed by atoms with Crippen LogP contribution in [0.3, 0.4) is 0 Å². The minimum absolute atomic E-state index is 0.209. The van der Waals surface area contributed by atoms with Crippen molar-refractivity contribution in [3.63, 3.8) is 0 Å². The molecule has 1 aromatic carbocycles. The SMILES string of the molecule is C[C@H](Nc1cnc2cn(CC3CC3)nc2n1)c1cc(NC(=O)c2cnc(C(F)(F)F)s2)ccc1F. The number of carbonyl (C=O) groups is 1. The summed E-state index contributed by atoms with van der Waals surface area (Å²) in [4.78, 5) is 24.2. The first kappa shape index (κ1) is 23.1. The van der Waals surface area contributed by atoms with E-state index in [4.69, 9.17) is 0 Å². The van der Waals surface area contributed by atoms with Gasteiger partial charge in [0.05, 0.1) is 24.6 Å². The Morgan fingerprint density at radius 3 is 2.77 bits per heavy atom. The Balaban J connectivity index is 1.29. The zero-order chi connectivity index (χ0) is 24.7. The van der Waals surface area contributed by atoms with E-state index in [1.807, 2.05) is 10.9 Å². The van der Waals surface area contributed by atoms with Crippen molar-refractivity contribution in [2.24, 2.45) is 5.92 Å². The number of nitrogens with zero attached hydrogens (tertiary/aromatic N) is 5. The van der Waals surface area contributed by atoms with Crippen LogP contribution in [0, 0.1) is 11.7 Å². The zero-order valence-corrected chi connectivity index (χ0v) is 19.1. The summed E-state index contributed by atoms with van der Waals surface area (Å²) < 4.78 is 54.6. The molecule has 0 unspecified atom stereocenters. The van der Waals surface area contributed by atoms with Gasteiger partial charge in [0.1, 0.15) is 22.0 Å². The van der Waals surface area contributed by atoms with Crippen molar-refractivity contribution in [3.05, 3.63) is 58.1 Å². The van der Waals surface area contributed by atoms with Gasteiger partial charge in [0.25, 0.3) is 5.91 Å².